The summed E-state index contributed by atoms with van der Waals surface area (Å²) in [6.45, 7) is 1.91. The summed E-state index contributed by atoms with van der Waals surface area (Å²) in [5.74, 6) is 1.39. The zero-order chi connectivity index (χ0) is 17.2. The predicted molar refractivity (Wildman–Crippen MR) is 95.1 cm³/mol. The molecule has 2 heterocycles. The summed E-state index contributed by atoms with van der Waals surface area (Å²) in [6, 6.07) is 17.5. The molecule has 0 fully saturated rings. The van der Waals surface area contributed by atoms with Crippen LogP contribution in [0.15, 0.2) is 60.8 Å². The number of para-hydroxylation sites is 1. The van der Waals surface area contributed by atoms with Gasteiger partial charge in [-0.2, -0.15) is 0 Å². The Morgan fingerprint density at radius 2 is 1.96 bits per heavy atom. The van der Waals surface area contributed by atoms with Crippen LogP contribution in [0.2, 0.25) is 0 Å². The molecule has 126 valence electrons. The highest BCUT2D eigenvalue weighted by Gasteiger charge is 2.30. The summed E-state index contributed by atoms with van der Waals surface area (Å²) < 4.78 is 5.74. The van der Waals surface area contributed by atoms with Crippen LogP contribution in [0.3, 0.4) is 0 Å². The van der Waals surface area contributed by atoms with E-state index < -0.39 is 6.10 Å². The molecule has 1 aliphatic rings. The number of nitrogens with zero attached hydrogens (tertiary/aromatic N) is 1. The van der Waals surface area contributed by atoms with Crippen molar-refractivity contribution in [2.24, 2.45) is 0 Å². The molecule has 2 atom stereocenters. The molecule has 1 aliphatic heterocycles. The molecule has 2 aromatic carbocycles. The van der Waals surface area contributed by atoms with E-state index in [4.69, 9.17) is 4.74 Å². The Bertz CT molecular complexity index is 864. The van der Waals surface area contributed by atoms with Crippen LogP contribution in [0.5, 0.6) is 5.75 Å². The van der Waals surface area contributed by atoms with E-state index >= 15 is 0 Å². The molecule has 0 saturated heterocycles. The van der Waals surface area contributed by atoms with Crippen LogP contribution in [-0.4, -0.2) is 22.0 Å². The lowest BCUT2D eigenvalue weighted by molar-refractivity contribution is -0.127. The number of H-pyrrole nitrogens is 1. The Morgan fingerprint density at radius 3 is 2.76 bits per heavy atom. The topological polar surface area (TPSA) is 67.0 Å². The first kappa shape index (κ1) is 15.4. The van der Waals surface area contributed by atoms with Crippen molar-refractivity contribution < 1.29 is 9.53 Å². The van der Waals surface area contributed by atoms with Gasteiger partial charge in [0, 0.05) is 6.42 Å². The van der Waals surface area contributed by atoms with Gasteiger partial charge in [0.15, 0.2) is 6.10 Å². The number of fused-ring (bicyclic) bond motifs is 1. The lowest BCUT2D eigenvalue weighted by Gasteiger charge is -2.15. The summed E-state index contributed by atoms with van der Waals surface area (Å²) in [5.41, 5.74) is 3.07. The van der Waals surface area contributed by atoms with E-state index in [1.165, 1.54) is 0 Å². The van der Waals surface area contributed by atoms with Gasteiger partial charge in [0.25, 0.3) is 5.91 Å². The third-order valence-electron chi connectivity index (χ3n) is 4.39. The van der Waals surface area contributed by atoms with E-state index in [2.05, 4.69) is 15.3 Å². The minimum atomic E-state index is -0.483. The van der Waals surface area contributed by atoms with Crippen molar-refractivity contribution in [2.75, 3.05) is 0 Å². The Balaban J connectivity index is 1.42. The number of rotatable bonds is 4. The molecule has 1 amide bonds. The van der Waals surface area contributed by atoms with Crippen LogP contribution in [-0.2, 0) is 11.2 Å². The normalized spacial score (nSPS) is 16.8. The SMILES string of the molecule is C[C@H](NC(=O)[C@H]1Cc2ccccc2O1)c1ncc(-c2ccccc2)[nH]1. The second kappa shape index (κ2) is 6.43. The molecule has 0 saturated carbocycles. The van der Waals surface area contributed by atoms with Crippen molar-refractivity contribution in [3.8, 4) is 17.0 Å². The number of hydrogen-bond donors (Lipinski definition) is 2. The number of amides is 1. The molecule has 0 aliphatic carbocycles. The maximum Gasteiger partial charge on any atom is 0.262 e. The number of nitrogens with one attached hydrogen (secondary N) is 2. The Kier molecular flexibility index (Phi) is 3.98. The third kappa shape index (κ3) is 3.13. The molecular formula is C20H19N3O2. The predicted octanol–water partition coefficient (Wildman–Crippen LogP) is 3.26. The van der Waals surface area contributed by atoms with Crippen LogP contribution in [0.1, 0.15) is 24.4 Å². The molecular weight excluding hydrogens is 314 g/mol. The molecule has 1 aromatic heterocycles. The van der Waals surface area contributed by atoms with E-state index in [0.717, 1.165) is 28.4 Å². The Hall–Kier alpha value is -3.08. The summed E-state index contributed by atoms with van der Waals surface area (Å²) in [5, 5.41) is 2.98. The minimum absolute atomic E-state index is 0.124. The van der Waals surface area contributed by atoms with Gasteiger partial charge >= 0.3 is 0 Å². The van der Waals surface area contributed by atoms with Crippen LogP contribution in [0, 0.1) is 0 Å². The standard InChI is InChI=1S/C20H19N3O2/c1-13(19-21-12-16(23-19)14-7-3-2-4-8-14)22-20(24)18-11-15-9-5-6-10-17(15)25-18/h2-10,12-13,18H,11H2,1H3,(H,21,23)(H,22,24)/t13-,18+/m0/s1. The quantitative estimate of drug-likeness (QED) is 0.770. The number of hydrogen-bond acceptors (Lipinski definition) is 3. The zero-order valence-corrected chi connectivity index (χ0v) is 13.9. The fraction of sp³-hybridized carbons (Fsp3) is 0.200. The fourth-order valence-corrected chi connectivity index (χ4v) is 3.02. The van der Waals surface area contributed by atoms with Crippen LogP contribution < -0.4 is 10.1 Å². The van der Waals surface area contributed by atoms with Gasteiger partial charge in [-0.15, -0.1) is 0 Å². The second-order valence-corrected chi connectivity index (χ2v) is 6.20. The van der Waals surface area contributed by atoms with Gasteiger partial charge in [-0.05, 0) is 24.1 Å². The van der Waals surface area contributed by atoms with Gasteiger partial charge in [-0.3, -0.25) is 4.79 Å². The first-order valence-corrected chi connectivity index (χ1v) is 8.36. The Morgan fingerprint density at radius 1 is 1.20 bits per heavy atom. The zero-order valence-electron chi connectivity index (χ0n) is 13.9. The average molecular weight is 333 g/mol. The summed E-state index contributed by atoms with van der Waals surface area (Å²) in [7, 11) is 0. The van der Waals surface area contributed by atoms with Crippen molar-refractivity contribution in [3.63, 3.8) is 0 Å². The van der Waals surface area contributed by atoms with E-state index in [1.54, 1.807) is 6.20 Å². The monoisotopic (exact) mass is 333 g/mol. The van der Waals surface area contributed by atoms with Gasteiger partial charge in [-0.25, -0.2) is 4.98 Å². The minimum Gasteiger partial charge on any atom is -0.480 e. The van der Waals surface area contributed by atoms with E-state index in [-0.39, 0.29) is 11.9 Å². The summed E-state index contributed by atoms with van der Waals surface area (Å²) in [6.07, 6.45) is 1.90. The smallest absolute Gasteiger partial charge is 0.262 e. The number of carbonyl (C=O) groups excluding carboxylic acids is 1. The molecule has 0 spiro atoms. The second-order valence-electron chi connectivity index (χ2n) is 6.20. The number of carbonyl (C=O) groups is 1. The molecule has 0 unspecified atom stereocenters. The first-order chi connectivity index (χ1) is 12.2. The molecule has 0 bridgehead atoms. The summed E-state index contributed by atoms with van der Waals surface area (Å²) >= 11 is 0. The highest BCUT2D eigenvalue weighted by molar-refractivity contribution is 5.82. The number of benzene rings is 2. The largest absolute Gasteiger partial charge is 0.480 e. The van der Waals surface area contributed by atoms with Gasteiger partial charge in [0.1, 0.15) is 11.6 Å². The molecule has 5 nitrogen and oxygen atoms in total. The van der Waals surface area contributed by atoms with Crippen LogP contribution >= 0.6 is 0 Å². The van der Waals surface area contributed by atoms with Crippen molar-refractivity contribution in [3.05, 3.63) is 72.2 Å². The molecule has 3 aromatic rings. The maximum atomic E-state index is 12.5. The molecule has 2 N–H and O–H groups in total. The van der Waals surface area contributed by atoms with E-state index in [9.17, 15) is 4.79 Å². The van der Waals surface area contributed by atoms with Crippen molar-refractivity contribution in [1.29, 1.82) is 0 Å². The lowest BCUT2D eigenvalue weighted by Crippen LogP contribution is -2.39. The number of aromatic amines is 1. The van der Waals surface area contributed by atoms with Crippen molar-refractivity contribution in [1.82, 2.24) is 15.3 Å². The molecule has 0 radical (unpaired) electrons. The first-order valence-electron chi connectivity index (χ1n) is 8.36. The van der Waals surface area contributed by atoms with Gasteiger partial charge in [-0.1, -0.05) is 48.5 Å². The fourth-order valence-electron chi connectivity index (χ4n) is 3.02. The Labute approximate surface area is 146 Å². The highest BCUT2D eigenvalue weighted by atomic mass is 16.5. The maximum absolute atomic E-state index is 12.5. The molecule has 4 rings (SSSR count). The molecule has 25 heavy (non-hydrogen) atoms. The van der Waals surface area contributed by atoms with Crippen molar-refractivity contribution >= 4 is 5.91 Å². The van der Waals surface area contributed by atoms with Crippen LogP contribution in [0.4, 0.5) is 0 Å². The number of ether oxygens (including phenoxy) is 1. The van der Waals surface area contributed by atoms with Gasteiger partial charge in [0.05, 0.1) is 17.9 Å². The number of imidazole rings is 1. The van der Waals surface area contributed by atoms with Gasteiger partial charge < -0.3 is 15.0 Å². The highest BCUT2D eigenvalue weighted by Crippen LogP contribution is 2.28. The van der Waals surface area contributed by atoms with Crippen LogP contribution in [0.25, 0.3) is 11.3 Å². The summed E-state index contributed by atoms with van der Waals surface area (Å²) in [4.78, 5) is 20.2. The van der Waals surface area contributed by atoms with E-state index in [0.29, 0.717) is 6.42 Å². The van der Waals surface area contributed by atoms with Gasteiger partial charge in [0.2, 0.25) is 0 Å². The third-order valence-corrected chi connectivity index (χ3v) is 4.39. The molecule has 5 heteroatoms. The van der Waals surface area contributed by atoms with Crippen molar-refractivity contribution in [2.45, 2.75) is 25.5 Å². The lowest BCUT2D eigenvalue weighted by atomic mass is 10.1. The van der Waals surface area contributed by atoms with E-state index in [1.807, 2.05) is 61.5 Å². The average Bonchev–Trinajstić information content (AvgIpc) is 3.29. The number of aromatic nitrogens is 2.